The summed E-state index contributed by atoms with van der Waals surface area (Å²) in [5.74, 6) is 0.205. The molecule has 0 aliphatic rings. The number of ether oxygens (including phenoxy) is 3. The molecule has 3 rings (SSSR count). The summed E-state index contributed by atoms with van der Waals surface area (Å²) in [5.41, 5.74) is 2.10. The molecule has 10 heteroatoms. The number of nitrogens with one attached hydrogen (secondary N) is 1. The molecule has 0 fully saturated rings. The lowest BCUT2D eigenvalue weighted by Crippen LogP contribution is -2.21. The Bertz CT molecular complexity index is 1080. The Hall–Kier alpha value is -3.59. The average molecular weight is 446 g/mol. The first-order valence-electron chi connectivity index (χ1n) is 9.19. The standard InChI is InChI=1S/C21H20ClN3O6/c1-12-15(13(2)31-25-12)10-29-17-7-6-14(9-18(17)28-3)21(27)30-11-19(26)24-16-5-4-8-23-20(16)22/h4-9H,10-11H2,1-3H3,(H,24,26). The molecule has 1 amide bonds. The van der Waals surface area contributed by atoms with Crippen molar-refractivity contribution in [2.45, 2.75) is 20.5 Å². The van der Waals surface area contributed by atoms with Crippen LogP contribution in [-0.4, -0.2) is 35.7 Å². The van der Waals surface area contributed by atoms with Crippen LogP contribution in [0.25, 0.3) is 0 Å². The number of benzene rings is 1. The second kappa shape index (κ2) is 9.94. The van der Waals surface area contributed by atoms with E-state index < -0.39 is 18.5 Å². The second-order valence-corrected chi connectivity index (χ2v) is 6.78. The molecule has 31 heavy (non-hydrogen) atoms. The van der Waals surface area contributed by atoms with E-state index in [1.165, 1.54) is 25.4 Å². The van der Waals surface area contributed by atoms with Gasteiger partial charge in [-0.05, 0) is 44.2 Å². The molecule has 0 atom stereocenters. The number of carbonyl (C=O) groups excluding carboxylic acids is 2. The average Bonchev–Trinajstić information content (AvgIpc) is 3.09. The molecule has 9 nitrogen and oxygen atoms in total. The maximum Gasteiger partial charge on any atom is 0.338 e. The summed E-state index contributed by atoms with van der Waals surface area (Å²) in [4.78, 5) is 28.2. The van der Waals surface area contributed by atoms with Crippen molar-refractivity contribution in [1.82, 2.24) is 10.1 Å². The number of halogens is 1. The highest BCUT2D eigenvalue weighted by molar-refractivity contribution is 6.32. The Morgan fingerprint density at radius 3 is 2.68 bits per heavy atom. The zero-order valence-electron chi connectivity index (χ0n) is 17.1. The molecule has 0 saturated carbocycles. The SMILES string of the molecule is COc1cc(C(=O)OCC(=O)Nc2cccnc2Cl)ccc1OCc1c(C)noc1C. The molecule has 3 aromatic rings. The first kappa shape index (κ1) is 22.1. The molecule has 2 heterocycles. The minimum atomic E-state index is -0.692. The Labute approximate surface area is 183 Å². The largest absolute Gasteiger partial charge is 0.493 e. The van der Waals surface area contributed by atoms with Gasteiger partial charge < -0.3 is 24.1 Å². The normalized spacial score (nSPS) is 10.5. The summed E-state index contributed by atoms with van der Waals surface area (Å²) in [6, 6.07) is 7.78. The number of methoxy groups -OCH3 is 1. The lowest BCUT2D eigenvalue weighted by Gasteiger charge is -2.12. The third-order valence-electron chi connectivity index (χ3n) is 4.32. The van der Waals surface area contributed by atoms with E-state index in [0.717, 1.165) is 11.3 Å². The molecule has 0 aliphatic heterocycles. The van der Waals surface area contributed by atoms with Crippen molar-refractivity contribution in [2.75, 3.05) is 19.0 Å². The minimum Gasteiger partial charge on any atom is -0.493 e. The number of aryl methyl sites for hydroxylation is 2. The van der Waals surface area contributed by atoms with Crippen molar-refractivity contribution < 1.29 is 28.3 Å². The van der Waals surface area contributed by atoms with Crippen LogP contribution in [0.4, 0.5) is 5.69 Å². The molecule has 0 spiro atoms. The number of amides is 1. The highest BCUT2D eigenvalue weighted by atomic mass is 35.5. The fraction of sp³-hybridized carbons (Fsp3) is 0.238. The molecule has 0 saturated heterocycles. The van der Waals surface area contributed by atoms with E-state index in [0.29, 0.717) is 22.9 Å². The number of carbonyl (C=O) groups is 2. The number of anilines is 1. The lowest BCUT2D eigenvalue weighted by atomic mass is 10.2. The summed E-state index contributed by atoms with van der Waals surface area (Å²) in [6.07, 6.45) is 1.49. The summed E-state index contributed by atoms with van der Waals surface area (Å²) < 4.78 is 21.3. The van der Waals surface area contributed by atoms with Crippen molar-refractivity contribution in [2.24, 2.45) is 0 Å². The van der Waals surface area contributed by atoms with Crippen molar-refractivity contribution >= 4 is 29.2 Å². The zero-order chi connectivity index (χ0) is 22.4. The zero-order valence-corrected chi connectivity index (χ0v) is 17.9. The van der Waals surface area contributed by atoms with Crippen LogP contribution in [0.3, 0.4) is 0 Å². The molecular formula is C21H20ClN3O6. The van der Waals surface area contributed by atoms with Crippen LogP contribution in [0.15, 0.2) is 41.1 Å². The van der Waals surface area contributed by atoms with E-state index in [-0.39, 0.29) is 17.3 Å². The third-order valence-corrected chi connectivity index (χ3v) is 4.62. The minimum absolute atomic E-state index is 0.138. The van der Waals surface area contributed by atoms with Gasteiger partial charge in [0.1, 0.15) is 12.4 Å². The van der Waals surface area contributed by atoms with Crippen LogP contribution in [-0.2, 0) is 16.1 Å². The number of esters is 1. The first-order chi connectivity index (χ1) is 14.9. The van der Waals surface area contributed by atoms with E-state index in [4.69, 9.17) is 30.3 Å². The molecule has 0 bridgehead atoms. The van der Waals surface area contributed by atoms with Gasteiger partial charge in [-0.25, -0.2) is 9.78 Å². The molecule has 2 aromatic heterocycles. The van der Waals surface area contributed by atoms with Gasteiger partial charge in [0.25, 0.3) is 5.91 Å². The molecule has 162 valence electrons. The van der Waals surface area contributed by atoms with Crippen LogP contribution < -0.4 is 14.8 Å². The van der Waals surface area contributed by atoms with Gasteiger partial charge in [0.2, 0.25) is 0 Å². The monoisotopic (exact) mass is 445 g/mol. The Morgan fingerprint density at radius 1 is 1.19 bits per heavy atom. The molecule has 0 radical (unpaired) electrons. The Balaban J connectivity index is 1.60. The molecule has 1 aromatic carbocycles. The predicted octanol–water partition coefficient (Wildman–Crippen LogP) is 3.72. The highest BCUT2D eigenvalue weighted by Crippen LogP contribution is 2.30. The molecule has 1 N–H and O–H groups in total. The van der Waals surface area contributed by atoms with Gasteiger partial charge in [0.15, 0.2) is 23.3 Å². The molecule has 0 unspecified atom stereocenters. The van der Waals surface area contributed by atoms with Crippen molar-refractivity contribution in [1.29, 1.82) is 0 Å². The maximum absolute atomic E-state index is 12.3. The summed E-state index contributed by atoms with van der Waals surface area (Å²) in [5, 5.41) is 6.54. The van der Waals surface area contributed by atoms with Crippen LogP contribution in [0.2, 0.25) is 5.15 Å². The second-order valence-electron chi connectivity index (χ2n) is 6.42. The van der Waals surface area contributed by atoms with Gasteiger partial charge in [0, 0.05) is 6.20 Å². The van der Waals surface area contributed by atoms with Gasteiger partial charge in [-0.1, -0.05) is 16.8 Å². The number of hydrogen-bond acceptors (Lipinski definition) is 8. The quantitative estimate of drug-likeness (QED) is 0.412. The highest BCUT2D eigenvalue weighted by Gasteiger charge is 2.16. The van der Waals surface area contributed by atoms with Crippen molar-refractivity contribution in [3.63, 3.8) is 0 Å². The van der Waals surface area contributed by atoms with Crippen LogP contribution in [0.5, 0.6) is 11.5 Å². The van der Waals surface area contributed by atoms with E-state index in [2.05, 4.69) is 15.5 Å². The van der Waals surface area contributed by atoms with Gasteiger partial charge in [-0.15, -0.1) is 0 Å². The fourth-order valence-corrected chi connectivity index (χ4v) is 2.82. The van der Waals surface area contributed by atoms with Crippen LogP contribution >= 0.6 is 11.6 Å². The van der Waals surface area contributed by atoms with Gasteiger partial charge >= 0.3 is 5.97 Å². The van der Waals surface area contributed by atoms with Crippen LogP contribution in [0.1, 0.15) is 27.4 Å². The smallest absolute Gasteiger partial charge is 0.338 e. The van der Waals surface area contributed by atoms with E-state index in [9.17, 15) is 9.59 Å². The van der Waals surface area contributed by atoms with E-state index in [1.807, 2.05) is 6.92 Å². The maximum atomic E-state index is 12.3. The first-order valence-corrected chi connectivity index (χ1v) is 9.57. The predicted molar refractivity (Wildman–Crippen MR) is 111 cm³/mol. The lowest BCUT2D eigenvalue weighted by molar-refractivity contribution is -0.119. The Morgan fingerprint density at radius 2 is 2.00 bits per heavy atom. The summed E-state index contributed by atoms with van der Waals surface area (Å²) in [6.45, 7) is 3.37. The van der Waals surface area contributed by atoms with Crippen molar-refractivity contribution in [3.05, 3.63) is 64.3 Å². The van der Waals surface area contributed by atoms with E-state index >= 15 is 0 Å². The topological polar surface area (TPSA) is 113 Å². The van der Waals surface area contributed by atoms with Gasteiger partial charge in [-0.3, -0.25) is 4.79 Å². The van der Waals surface area contributed by atoms with E-state index in [1.54, 1.807) is 25.1 Å². The number of rotatable bonds is 8. The fourth-order valence-electron chi connectivity index (χ4n) is 2.65. The summed E-state index contributed by atoms with van der Waals surface area (Å²) >= 11 is 5.88. The number of aromatic nitrogens is 2. The molecule has 0 aliphatic carbocycles. The summed E-state index contributed by atoms with van der Waals surface area (Å²) in [7, 11) is 1.46. The Kier molecular flexibility index (Phi) is 7.09. The van der Waals surface area contributed by atoms with Crippen LogP contribution in [0, 0.1) is 13.8 Å². The number of pyridine rings is 1. The number of nitrogens with zero attached hydrogens (tertiary/aromatic N) is 2. The third kappa shape index (κ3) is 5.52. The molecular weight excluding hydrogens is 426 g/mol. The van der Waals surface area contributed by atoms with Crippen molar-refractivity contribution in [3.8, 4) is 11.5 Å². The van der Waals surface area contributed by atoms with Gasteiger partial charge in [0.05, 0.1) is 29.6 Å². The van der Waals surface area contributed by atoms with Gasteiger partial charge in [-0.2, -0.15) is 0 Å². The number of hydrogen-bond donors (Lipinski definition) is 1.